The Kier molecular flexibility index (Phi) is 3.06. The average Bonchev–Trinajstić information content (AvgIpc) is 3.02. The van der Waals surface area contributed by atoms with Gasteiger partial charge < -0.3 is 4.74 Å². The zero-order chi connectivity index (χ0) is 13.1. The molecule has 1 aromatic carbocycles. The highest BCUT2D eigenvalue weighted by molar-refractivity contribution is 6.09. The minimum absolute atomic E-state index is 0.0334. The van der Waals surface area contributed by atoms with Crippen LogP contribution >= 0.6 is 0 Å². The van der Waals surface area contributed by atoms with Crippen LogP contribution in [0.3, 0.4) is 0 Å². The van der Waals surface area contributed by atoms with Crippen LogP contribution in [0.4, 0.5) is 0 Å². The number of benzene rings is 1. The summed E-state index contributed by atoms with van der Waals surface area (Å²) in [5.41, 5.74) is 2.13. The summed E-state index contributed by atoms with van der Waals surface area (Å²) in [6.45, 7) is 1.33. The lowest BCUT2D eigenvalue weighted by molar-refractivity contribution is 0.103. The molecule has 1 aromatic heterocycles. The van der Waals surface area contributed by atoms with Gasteiger partial charge in [0.15, 0.2) is 5.78 Å². The molecule has 94 valence electrons. The van der Waals surface area contributed by atoms with E-state index in [0.717, 1.165) is 5.56 Å². The van der Waals surface area contributed by atoms with Crippen molar-refractivity contribution >= 4 is 11.7 Å². The van der Waals surface area contributed by atoms with Gasteiger partial charge in [-0.05, 0) is 24.3 Å². The number of ketones is 1. The van der Waals surface area contributed by atoms with Crippen LogP contribution in [0, 0.1) is 0 Å². The van der Waals surface area contributed by atoms with Gasteiger partial charge in [0.05, 0.1) is 6.54 Å². The Morgan fingerprint density at radius 2 is 1.95 bits per heavy atom. The summed E-state index contributed by atoms with van der Waals surface area (Å²) in [6, 6.07) is 10.8. The maximum absolute atomic E-state index is 12.2. The molecule has 0 aliphatic carbocycles. The van der Waals surface area contributed by atoms with Crippen LogP contribution in [0.2, 0.25) is 0 Å². The summed E-state index contributed by atoms with van der Waals surface area (Å²) < 4.78 is 5.38. The normalized spacial score (nSPS) is 13.8. The van der Waals surface area contributed by atoms with Gasteiger partial charge in [0.25, 0.3) is 0 Å². The number of pyridine rings is 1. The number of aliphatic imine (C=N–C) groups is 1. The topological polar surface area (TPSA) is 51.5 Å². The predicted octanol–water partition coefficient (Wildman–Crippen LogP) is 2.09. The quantitative estimate of drug-likeness (QED) is 0.786. The number of hydrogen-bond acceptors (Lipinski definition) is 4. The Balaban J connectivity index is 1.85. The molecule has 3 rings (SSSR count). The van der Waals surface area contributed by atoms with Gasteiger partial charge in [-0.1, -0.05) is 12.1 Å². The molecule has 4 heteroatoms. The highest BCUT2D eigenvalue weighted by atomic mass is 16.5. The third-order valence-electron chi connectivity index (χ3n) is 2.90. The number of nitrogens with zero attached hydrogens (tertiary/aromatic N) is 2. The highest BCUT2D eigenvalue weighted by Gasteiger charge is 2.12. The van der Waals surface area contributed by atoms with Crippen LogP contribution in [-0.2, 0) is 4.74 Å². The monoisotopic (exact) mass is 252 g/mol. The van der Waals surface area contributed by atoms with Crippen LogP contribution < -0.4 is 0 Å². The molecule has 0 spiro atoms. The summed E-state index contributed by atoms with van der Waals surface area (Å²) in [5, 5.41) is 0. The fourth-order valence-electron chi connectivity index (χ4n) is 1.94. The first-order valence-electron chi connectivity index (χ1n) is 6.07. The van der Waals surface area contributed by atoms with E-state index in [-0.39, 0.29) is 5.78 Å². The van der Waals surface area contributed by atoms with E-state index in [4.69, 9.17) is 4.74 Å². The summed E-state index contributed by atoms with van der Waals surface area (Å²) in [6.07, 6.45) is 3.22. The zero-order valence-electron chi connectivity index (χ0n) is 10.2. The van der Waals surface area contributed by atoms with E-state index >= 15 is 0 Å². The van der Waals surface area contributed by atoms with E-state index in [1.165, 1.54) is 0 Å². The number of hydrogen-bond donors (Lipinski definition) is 0. The molecule has 4 nitrogen and oxygen atoms in total. The fraction of sp³-hybridized carbons (Fsp3) is 0.133. The van der Waals surface area contributed by atoms with E-state index in [1.54, 1.807) is 36.7 Å². The molecule has 0 amide bonds. The van der Waals surface area contributed by atoms with Crippen molar-refractivity contribution in [2.45, 2.75) is 0 Å². The third kappa shape index (κ3) is 2.38. The van der Waals surface area contributed by atoms with Crippen LogP contribution in [0.25, 0.3) is 0 Å². The lowest BCUT2D eigenvalue weighted by atomic mass is 10.0. The molecule has 0 N–H and O–H groups in total. The van der Waals surface area contributed by atoms with E-state index in [0.29, 0.717) is 30.2 Å². The van der Waals surface area contributed by atoms with Crippen molar-refractivity contribution in [2.24, 2.45) is 4.99 Å². The van der Waals surface area contributed by atoms with Gasteiger partial charge in [-0.15, -0.1) is 0 Å². The summed E-state index contributed by atoms with van der Waals surface area (Å²) in [5.74, 6) is 0.620. The lowest BCUT2D eigenvalue weighted by Crippen LogP contribution is -2.04. The first-order chi connectivity index (χ1) is 9.34. The van der Waals surface area contributed by atoms with Crippen molar-refractivity contribution in [3.05, 3.63) is 65.5 Å². The Bertz CT molecular complexity index is 618. The van der Waals surface area contributed by atoms with Crippen molar-refractivity contribution in [1.29, 1.82) is 0 Å². The molecule has 0 saturated carbocycles. The molecule has 1 aliphatic heterocycles. The summed E-state index contributed by atoms with van der Waals surface area (Å²) in [4.78, 5) is 20.4. The first kappa shape index (κ1) is 11.6. The van der Waals surface area contributed by atoms with Gasteiger partial charge in [-0.2, -0.15) is 0 Å². The zero-order valence-corrected chi connectivity index (χ0v) is 10.2. The maximum Gasteiger partial charge on any atom is 0.216 e. The number of aromatic nitrogens is 1. The molecule has 2 aromatic rings. The van der Waals surface area contributed by atoms with Crippen molar-refractivity contribution < 1.29 is 9.53 Å². The van der Waals surface area contributed by atoms with Gasteiger partial charge in [0.1, 0.15) is 6.61 Å². The van der Waals surface area contributed by atoms with E-state index in [9.17, 15) is 4.79 Å². The minimum Gasteiger partial charge on any atom is -0.476 e. The van der Waals surface area contributed by atoms with Gasteiger partial charge in [0.2, 0.25) is 5.90 Å². The number of ether oxygens (including phenoxy) is 1. The fourth-order valence-corrected chi connectivity index (χ4v) is 1.94. The standard InChI is InChI=1S/C15H12N2O2/c18-14(13-2-1-7-16-10-13)11-3-5-12(6-4-11)15-17-8-9-19-15/h1-7,10H,8-9H2. The smallest absolute Gasteiger partial charge is 0.216 e. The molecular weight excluding hydrogens is 240 g/mol. The van der Waals surface area contributed by atoms with Crippen molar-refractivity contribution in [3.8, 4) is 0 Å². The van der Waals surface area contributed by atoms with Crippen LogP contribution in [0.15, 0.2) is 53.8 Å². The second-order valence-electron chi connectivity index (χ2n) is 4.18. The maximum atomic E-state index is 12.2. The second-order valence-corrected chi connectivity index (χ2v) is 4.18. The molecule has 0 bridgehead atoms. The average molecular weight is 252 g/mol. The Morgan fingerprint density at radius 3 is 2.58 bits per heavy atom. The largest absolute Gasteiger partial charge is 0.476 e. The highest BCUT2D eigenvalue weighted by Crippen LogP contribution is 2.13. The molecule has 19 heavy (non-hydrogen) atoms. The van der Waals surface area contributed by atoms with Gasteiger partial charge >= 0.3 is 0 Å². The van der Waals surface area contributed by atoms with E-state index < -0.39 is 0 Å². The van der Waals surface area contributed by atoms with Gasteiger partial charge in [-0.3, -0.25) is 9.78 Å². The van der Waals surface area contributed by atoms with Crippen molar-refractivity contribution in [1.82, 2.24) is 4.98 Å². The molecular formula is C15H12N2O2. The Morgan fingerprint density at radius 1 is 1.11 bits per heavy atom. The molecule has 0 atom stereocenters. The molecule has 0 unspecified atom stereocenters. The lowest BCUT2D eigenvalue weighted by Gasteiger charge is -2.04. The first-order valence-corrected chi connectivity index (χ1v) is 6.07. The summed E-state index contributed by atoms with van der Waals surface area (Å²) >= 11 is 0. The number of carbonyl (C=O) groups is 1. The Labute approximate surface area is 110 Å². The minimum atomic E-state index is -0.0334. The van der Waals surface area contributed by atoms with Crippen LogP contribution in [0.5, 0.6) is 0 Å². The molecule has 0 fully saturated rings. The van der Waals surface area contributed by atoms with E-state index in [1.807, 2.05) is 12.1 Å². The van der Waals surface area contributed by atoms with Gasteiger partial charge in [0, 0.05) is 29.1 Å². The summed E-state index contributed by atoms with van der Waals surface area (Å²) in [7, 11) is 0. The third-order valence-corrected chi connectivity index (χ3v) is 2.90. The number of rotatable bonds is 3. The second kappa shape index (κ2) is 5.02. The van der Waals surface area contributed by atoms with Crippen molar-refractivity contribution in [2.75, 3.05) is 13.2 Å². The SMILES string of the molecule is O=C(c1ccc(C2=NCCO2)cc1)c1cccnc1. The Hall–Kier alpha value is -2.49. The molecule has 0 radical (unpaired) electrons. The predicted molar refractivity (Wildman–Crippen MR) is 71.5 cm³/mol. The van der Waals surface area contributed by atoms with Crippen molar-refractivity contribution in [3.63, 3.8) is 0 Å². The number of carbonyl (C=O) groups excluding carboxylic acids is 1. The van der Waals surface area contributed by atoms with Crippen LogP contribution in [0.1, 0.15) is 21.5 Å². The molecule has 2 heterocycles. The van der Waals surface area contributed by atoms with Crippen LogP contribution in [-0.4, -0.2) is 29.8 Å². The van der Waals surface area contributed by atoms with E-state index in [2.05, 4.69) is 9.98 Å². The molecule has 1 aliphatic rings. The molecule has 0 saturated heterocycles. The van der Waals surface area contributed by atoms with Gasteiger partial charge in [-0.25, -0.2) is 4.99 Å².